The van der Waals surface area contributed by atoms with Crippen molar-refractivity contribution in [1.29, 1.82) is 0 Å². The zero-order chi connectivity index (χ0) is 14.6. The molecule has 1 unspecified atom stereocenters. The van der Waals surface area contributed by atoms with E-state index in [1.54, 1.807) is 0 Å². The van der Waals surface area contributed by atoms with Crippen molar-refractivity contribution in [2.45, 2.75) is 24.8 Å². The van der Waals surface area contributed by atoms with E-state index in [1.165, 1.54) is 0 Å². The van der Waals surface area contributed by atoms with Crippen LogP contribution >= 0.6 is 0 Å². The first-order valence-electron chi connectivity index (χ1n) is 6.89. The Labute approximate surface area is 121 Å². The fraction of sp³-hybridized carbons (Fsp3) is 0.571. The van der Waals surface area contributed by atoms with E-state index >= 15 is 0 Å². The molecule has 0 aliphatic carbocycles. The van der Waals surface area contributed by atoms with Gasteiger partial charge in [-0.15, -0.1) is 0 Å². The zero-order valence-corrected chi connectivity index (χ0v) is 12.9. The van der Waals surface area contributed by atoms with Gasteiger partial charge in [0.2, 0.25) is 10.0 Å². The highest BCUT2D eigenvalue weighted by Gasteiger charge is 2.24. The molecule has 1 fully saturated rings. The van der Waals surface area contributed by atoms with Crippen LogP contribution in [0.2, 0.25) is 0 Å². The molecule has 0 aromatic heterocycles. The van der Waals surface area contributed by atoms with Gasteiger partial charge in [-0.05, 0) is 38.2 Å². The van der Waals surface area contributed by atoms with Crippen molar-refractivity contribution in [2.24, 2.45) is 0 Å². The summed E-state index contributed by atoms with van der Waals surface area (Å²) in [4.78, 5) is 2.14. The highest BCUT2D eigenvalue weighted by atomic mass is 32.2. The minimum absolute atomic E-state index is 0.0464. The fourth-order valence-electron chi connectivity index (χ4n) is 2.58. The van der Waals surface area contributed by atoms with Gasteiger partial charge in [0.1, 0.15) is 0 Å². The van der Waals surface area contributed by atoms with Gasteiger partial charge in [-0.25, -0.2) is 13.1 Å². The van der Waals surface area contributed by atoms with Crippen molar-refractivity contribution in [3.63, 3.8) is 0 Å². The Morgan fingerprint density at radius 3 is 2.75 bits per heavy atom. The van der Waals surface area contributed by atoms with Gasteiger partial charge in [0.15, 0.2) is 0 Å². The van der Waals surface area contributed by atoms with Crippen LogP contribution < -0.4 is 10.0 Å². The molecule has 0 radical (unpaired) electrons. The normalized spacial score (nSPS) is 20.4. The predicted molar refractivity (Wildman–Crippen MR) is 80.9 cm³/mol. The van der Waals surface area contributed by atoms with E-state index in [-0.39, 0.29) is 11.8 Å². The van der Waals surface area contributed by atoms with E-state index < -0.39 is 10.0 Å². The average molecular weight is 297 g/mol. The van der Waals surface area contributed by atoms with Crippen LogP contribution in [-0.4, -0.2) is 46.5 Å². The Morgan fingerprint density at radius 2 is 2.10 bits per heavy atom. The van der Waals surface area contributed by atoms with E-state index in [1.807, 2.05) is 38.4 Å². The lowest BCUT2D eigenvalue weighted by Gasteiger charge is -2.13. The molecule has 1 aromatic carbocycles. The van der Waals surface area contributed by atoms with Crippen LogP contribution in [-0.2, 0) is 22.3 Å². The van der Waals surface area contributed by atoms with E-state index in [0.717, 1.165) is 37.2 Å². The summed E-state index contributed by atoms with van der Waals surface area (Å²) in [5.74, 6) is 0.0464. The molecule has 1 atom stereocenters. The lowest BCUT2D eigenvalue weighted by molar-refractivity contribution is 0.407. The summed E-state index contributed by atoms with van der Waals surface area (Å²) in [5, 5.41) is 3.07. The second-order valence-electron chi connectivity index (χ2n) is 5.48. The molecule has 0 saturated carbocycles. The van der Waals surface area contributed by atoms with Crippen LogP contribution in [0.5, 0.6) is 0 Å². The van der Waals surface area contributed by atoms with Crippen molar-refractivity contribution in [1.82, 2.24) is 14.9 Å². The maximum Gasteiger partial charge on any atom is 0.216 e. The van der Waals surface area contributed by atoms with Crippen molar-refractivity contribution in [3.05, 3.63) is 35.4 Å². The molecule has 1 aliphatic rings. The Bertz CT molecular complexity index is 545. The SMILES string of the molecule is CNCc1cccc(CS(=O)(=O)NC2CCN(C)C2)c1. The number of sulfonamides is 1. The highest BCUT2D eigenvalue weighted by Crippen LogP contribution is 2.12. The first-order valence-corrected chi connectivity index (χ1v) is 8.55. The summed E-state index contributed by atoms with van der Waals surface area (Å²) in [6.07, 6.45) is 0.884. The number of nitrogens with zero attached hydrogens (tertiary/aromatic N) is 1. The lowest BCUT2D eigenvalue weighted by Crippen LogP contribution is -2.37. The summed E-state index contributed by atoms with van der Waals surface area (Å²) in [7, 11) is 0.616. The number of hydrogen-bond acceptors (Lipinski definition) is 4. The highest BCUT2D eigenvalue weighted by molar-refractivity contribution is 7.88. The van der Waals surface area contributed by atoms with Crippen LogP contribution in [0.1, 0.15) is 17.5 Å². The third-order valence-corrected chi connectivity index (χ3v) is 4.87. The predicted octanol–water partition coefficient (Wildman–Crippen LogP) is 0.530. The topological polar surface area (TPSA) is 61.4 Å². The summed E-state index contributed by atoms with van der Waals surface area (Å²) < 4.78 is 27.2. The number of likely N-dealkylation sites (tertiary alicyclic amines) is 1. The van der Waals surface area contributed by atoms with Crippen LogP contribution in [0.4, 0.5) is 0 Å². The van der Waals surface area contributed by atoms with Gasteiger partial charge >= 0.3 is 0 Å². The molecule has 1 heterocycles. The maximum atomic E-state index is 12.2. The van der Waals surface area contributed by atoms with Crippen LogP contribution in [0.3, 0.4) is 0 Å². The molecule has 0 bridgehead atoms. The zero-order valence-electron chi connectivity index (χ0n) is 12.1. The lowest BCUT2D eigenvalue weighted by atomic mass is 10.1. The number of rotatable bonds is 6. The number of hydrogen-bond donors (Lipinski definition) is 2. The quantitative estimate of drug-likeness (QED) is 0.804. The molecule has 1 aliphatic heterocycles. The fourth-order valence-corrected chi connectivity index (χ4v) is 3.98. The van der Waals surface area contributed by atoms with Crippen LogP contribution in [0, 0.1) is 0 Å². The smallest absolute Gasteiger partial charge is 0.216 e. The van der Waals surface area contributed by atoms with Gasteiger partial charge in [0.25, 0.3) is 0 Å². The third kappa shape index (κ3) is 4.56. The molecule has 2 N–H and O–H groups in total. The van der Waals surface area contributed by atoms with E-state index in [4.69, 9.17) is 0 Å². The van der Waals surface area contributed by atoms with Crippen molar-refractivity contribution < 1.29 is 8.42 Å². The summed E-state index contributed by atoms with van der Waals surface area (Å²) >= 11 is 0. The number of likely N-dealkylation sites (N-methyl/N-ethyl adjacent to an activating group) is 1. The van der Waals surface area contributed by atoms with Gasteiger partial charge in [-0.1, -0.05) is 24.3 Å². The van der Waals surface area contributed by atoms with E-state index in [9.17, 15) is 8.42 Å². The van der Waals surface area contributed by atoms with E-state index in [2.05, 4.69) is 14.9 Å². The Hall–Kier alpha value is -0.950. The number of benzene rings is 1. The molecule has 5 nitrogen and oxygen atoms in total. The first-order chi connectivity index (χ1) is 9.48. The standard InChI is InChI=1S/C14H23N3O2S/c1-15-9-12-4-3-5-13(8-12)11-20(18,19)16-14-6-7-17(2)10-14/h3-5,8,14-16H,6-7,9-11H2,1-2H3. The second kappa shape index (κ2) is 6.67. The summed E-state index contributed by atoms with van der Waals surface area (Å²) in [6.45, 7) is 2.48. The number of nitrogens with one attached hydrogen (secondary N) is 2. The maximum absolute atomic E-state index is 12.2. The molecule has 1 saturated heterocycles. The van der Waals surface area contributed by atoms with Gasteiger partial charge in [-0.2, -0.15) is 0 Å². The molecule has 20 heavy (non-hydrogen) atoms. The Balaban J connectivity index is 1.98. The summed E-state index contributed by atoms with van der Waals surface area (Å²) in [5.41, 5.74) is 1.93. The molecule has 1 aromatic rings. The molecule has 6 heteroatoms. The Kier molecular flexibility index (Phi) is 5.15. The molecule has 2 rings (SSSR count). The van der Waals surface area contributed by atoms with Crippen molar-refractivity contribution in [2.75, 3.05) is 27.2 Å². The van der Waals surface area contributed by atoms with Gasteiger partial charge in [0.05, 0.1) is 5.75 Å². The van der Waals surface area contributed by atoms with Crippen LogP contribution in [0.25, 0.3) is 0 Å². The molecule has 112 valence electrons. The summed E-state index contributed by atoms with van der Waals surface area (Å²) in [6, 6.07) is 7.74. The Morgan fingerprint density at radius 1 is 1.35 bits per heavy atom. The largest absolute Gasteiger partial charge is 0.316 e. The second-order valence-corrected chi connectivity index (χ2v) is 7.23. The van der Waals surface area contributed by atoms with Gasteiger partial charge in [-0.3, -0.25) is 0 Å². The van der Waals surface area contributed by atoms with Gasteiger partial charge < -0.3 is 10.2 Å². The molecule has 0 amide bonds. The van der Waals surface area contributed by atoms with Crippen molar-refractivity contribution >= 4 is 10.0 Å². The monoisotopic (exact) mass is 297 g/mol. The van der Waals surface area contributed by atoms with Crippen LogP contribution in [0.15, 0.2) is 24.3 Å². The van der Waals surface area contributed by atoms with E-state index in [0.29, 0.717) is 0 Å². The molecular weight excluding hydrogens is 274 g/mol. The van der Waals surface area contributed by atoms with Crippen molar-refractivity contribution in [3.8, 4) is 0 Å². The van der Waals surface area contributed by atoms with Gasteiger partial charge in [0, 0.05) is 19.1 Å². The molecule has 0 spiro atoms. The average Bonchev–Trinajstić information content (AvgIpc) is 2.74. The minimum atomic E-state index is -3.27. The first kappa shape index (κ1) is 15.4. The third-order valence-electron chi connectivity index (χ3n) is 3.47. The minimum Gasteiger partial charge on any atom is -0.316 e. The molecular formula is C14H23N3O2S.